The number of hydrogen-bond acceptors (Lipinski definition) is 7. The van der Waals surface area contributed by atoms with Gasteiger partial charge >= 0.3 is 0 Å². The largest absolute Gasteiger partial charge is 0.493 e. The molecule has 1 atom stereocenters. The number of nitrogens with zero attached hydrogens (tertiary/aromatic N) is 3. The standard InChI is InChI=1S/C23H28ClN3O4S/c1-30-19-5-3-16(13-20(19)31-2)7-8-27-22(28)14-18(23(27)29)26-11-9-25(10-12-26)15-17-4-6-21(24)32-17/h3-6,13,18H,7-12,14-15H2,1-2H3/t18-/m0/s1. The maximum Gasteiger partial charge on any atom is 0.247 e. The van der Waals surface area contributed by atoms with E-state index in [1.165, 1.54) is 9.78 Å². The number of rotatable bonds is 8. The highest BCUT2D eigenvalue weighted by Gasteiger charge is 2.42. The van der Waals surface area contributed by atoms with E-state index in [-0.39, 0.29) is 24.3 Å². The number of amides is 2. The lowest BCUT2D eigenvalue weighted by molar-refractivity contribution is -0.139. The molecule has 2 amide bonds. The number of thiophene rings is 1. The minimum atomic E-state index is -0.341. The second kappa shape index (κ2) is 10.2. The number of imide groups is 1. The first-order valence-corrected chi connectivity index (χ1v) is 11.9. The van der Waals surface area contributed by atoms with E-state index in [1.54, 1.807) is 25.6 Å². The monoisotopic (exact) mass is 477 g/mol. The maximum atomic E-state index is 13.0. The highest BCUT2D eigenvalue weighted by atomic mass is 35.5. The van der Waals surface area contributed by atoms with Gasteiger partial charge in [0, 0.05) is 44.1 Å². The van der Waals surface area contributed by atoms with Crippen molar-refractivity contribution in [2.45, 2.75) is 25.4 Å². The topological polar surface area (TPSA) is 62.3 Å². The summed E-state index contributed by atoms with van der Waals surface area (Å²) < 4.78 is 11.4. The van der Waals surface area contributed by atoms with Crippen LogP contribution in [-0.4, -0.2) is 79.5 Å². The van der Waals surface area contributed by atoms with Crippen molar-refractivity contribution in [1.29, 1.82) is 0 Å². The zero-order valence-corrected chi connectivity index (χ0v) is 20.0. The van der Waals surface area contributed by atoms with Crippen molar-refractivity contribution in [3.63, 3.8) is 0 Å². The normalized spacial score (nSPS) is 20.2. The minimum absolute atomic E-state index is 0.0750. The van der Waals surface area contributed by atoms with Crippen LogP contribution in [0.25, 0.3) is 0 Å². The molecule has 1 aromatic carbocycles. The van der Waals surface area contributed by atoms with Gasteiger partial charge in [-0.1, -0.05) is 17.7 Å². The van der Waals surface area contributed by atoms with Gasteiger partial charge in [0.25, 0.3) is 0 Å². The lowest BCUT2D eigenvalue weighted by Crippen LogP contribution is -2.52. The third-order valence-electron chi connectivity index (χ3n) is 6.15. The van der Waals surface area contributed by atoms with Crippen LogP contribution in [0, 0.1) is 0 Å². The quantitative estimate of drug-likeness (QED) is 0.545. The van der Waals surface area contributed by atoms with Crippen LogP contribution in [0.5, 0.6) is 11.5 Å². The molecule has 0 spiro atoms. The van der Waals surface area contributed by atoms with E-state index in [0.29, 0.717) is 24.5 Å². The molecule has 0 N–H and O–H groups in total. The Hall–Kier alpha value is -2.13. The van der Waals surface area contributed by atoms with E-state index < -0.39 is 0 Å². The molecule has 7 nitrogen and oxygen atoms in total. The van der Waals surface area contributed by atoms with E-state index >= 15 is 0 Å². The fourth-order valence-electron chi connectivity index (χ4n) is 4.35. The molecule has 172 valence electrons. The molecule has 0 radical (unpaired) electrons. The van der Waals surface area contributed by atoms with Gasteiger partial charge < -0.3 is 9.47 Å². The molecule has 1 aromatic heterocycles. The Labute approximate surface area is 197 Å². The summed E-state index contributed by atoms with van der Waals surface area (Å²) in [5.41, 5.74) is 0.994. The van der Waals surface area contributed by atoms with Gasteiger partial charge in [-0.3, -0.25) is 24.3 Å². The van der Waals surface area contributed by atoms with Crippen LogP contribution < -0.4 is 9.47 Å². The van der Waals surface area contributed by atoms with Gasteiger partial charge in [0.05, 0.1) is 31.0 Å². The van der Waals surface area contributed by atoms with Crippen molar-refractivity contribution < 1.29 is 19.1 Å². The van der Waals surface area contributed by atoms with E-state index in [1.807, 2.05) is 24.3 Å². The number of carbonyl (C=O) groups is 2. The fourth-order valence-corrected chi connectivity index (χ4v) is 5.48. The molecule has 2 aliphatic heterocycles. The lowest BCUT2D eigenvalue weighted by atomic mass is 10.1. The Bertz CT molecular complexity index is 974. The SMILES string of the molecule is COc1ccc(CCN2C(=O)C[C@H](N3CCN(Cc4ccc(Cl)s4)CC3)C2=O)cc1OC. The van der Waals surface area contributed by atoms with Gasteiger partial charge in [-0.15, -0.1) is 11.3 Å². The number of hydrogen-bond donors (Lipinski definition) is 0. The Balaban J connectivity index is 1.30. The highest BCUT2D eigenvalue weighted by Crippen LogP contribution is 2.28. The van der Waals surface area contributed by atoms with Crippen LogP contribution >= 0.6 is 22.9 Å². The molecule has 2 aromatic rings. The molecular formula is C23H28ClN3O4S. The van der Waals surface area contributed by atoms with Gasteiger partial charge in [-0.25, -0.2) is 0 Å². The van der Waals surface area contributed by atoms with Crippen molar-refractivity contribution in [3.05, 3.63) is 45.1 Å². The molecule has 0 aliphatic carbocycles. The maximum absolute atomic E-state index is 13.0. The fraction of sp³-hybridized carbons (Fsp3) is 0.478. The molecule has 0 unspecified atom stereocenters. The lowest BCUT2D eigenvalue weighted by Gasteiger charge is -2.36. The average Bonchev–Trinajstić information content (AvgIpc) is 3.34. The first-order chi connectivity index (χ1) is 15.5. The first-order valence-electron chi connectivity index (χ1n) is 10.7. The number of benzene rings is 1. The Morgan fingerprint density at radius 1 is 1.03 bits per heavy atom. The Morgan fingerprint density at radius 3 is 2.44 bits per heavy atom. The molecule has 0 saturated carbocycles. The summed E-state index contributed by atoms with van der Waals surface area (Å²) in [6.07, 6.45) is 0.854. The number of methoxy groups -OCH3 is 2. The summed E-state index contributed by atoms with van der Waals surface area (Å²) >= 11 is 7.64. The van der Waals surface area contributed by atoms with E-state index in [0.717, 1.165) is 42.6 Å². The van der Waals surface area contributed by atoms with Gasteiger partial charge in [0.1, 0.15) is 0 Å². The second-order valence-electron chi connectivity index (χ2n) is 8.06. The molecule has 3 heterocycles. The van der Waals surface area contributed by atoms with Crippen molar-refractivity contribution in [1.82, 2.24) is 14.7 Å². The molecule has 2 saturated heterocycles. The highest BCUT2D eigenvalue weighted by molar-refractivity contribution is 7.16. The summed E-state index contributed by atoms with van der Waals surface area (Å²) in [6, 6.07) is 9.32. The number of carbonyl (C=O) groups excluding carboxylic acids is 2. The summed E-state index contributed by atoms with van der Waals surface area (Å²) in [5.74, 6) is 1.14. The smallest absolute Gasteiger partial charge is 0.247 e. The van der Waals surface area contributed by atoms with Gasteiger partial charge in [-0.2, -0.15) is 0 Å². The molecular weight excluding hydrogens is 450 g/mol. The molecule has 2 aliphatic rings. The zero-order valence-electron chi connectivity index (χ0n) is 18.4. The van der Waals surface area contributed by atoms with Crippen molar-refractivity contribution in [2.24, 2.45) is 0 Å². The van der Waals surface area contributed by atoms with E-state index in [9.17, 15) is 9.59 Å². The molecule has 0 bridgehead atoms. The predicted octanol–water partition coefficient (Wildman–Crippen LogP) is 2.91. The van der Waals surface area contributed by atoms with Crippen molar-refractivity contribution >= 4 is 34.8 Å². The number of piperazine rings is 1. The van der Waals surface area contributed by atoms with Gasteiger partial charge in [-0.05, 0) is 36.2 Å². The number of halogens is 1. The molecule has 9 heteroatoms. The number of likely N-dealkylation sites (tertiary alicyclic amines) is 1. The molecule has 4 rings (SSSR count). The summed E-state index contributed by atoms with van der Waals surface area (Å²) in [6.45, 7) is 4.57. The van der Waals surface area contributed by atoms with E-state index in [4.69, 9.17) is 21.1 Å². The van der Waals surface area contributed by atoms with Crippen molar-refractivity contribution in [2.75, 3.05) is 46.9 Å². The zero-order chi connectivity index (χ0) is 22.7. The molecule has 2 fully saturated rings. The summed E-state index contributed by atoms with van der Waals surface area (Å²) in [7, 11) is 3.19. The Kier molecular flexibility index (Phi) is 7.35. The second-order valence-corrected chi connectivity index (χ2v) is 9.86. The van der Waals surface area contributed by atoms with Crippen LogP contribution in [-0.2, 0) is 22.6 Å². The predicted molar refractivity (Wildman–Crippen MR) is 125 cm³/mol. The number of ether oxygens (including phenoxy) is 2. The summed E-state index contributed by atoms with van der Waals surface area (Å²) in [5, 5.41) is 0. The van der Waals surface area contributed by atoms with Gasteiger partial charge in [0.15, 0.2) is 11.5 Å². The van der Waals surface area contributed by atoms with Crippen LogP contribution in [0.1, 0.15) is 16.9 Å². The molecule has 32 heavy (non-hydrogen) atoms. The minimum Gasteiger partial charge on any atom is -0.493 e. The first kappa shape index (κ1) is 23.0. The average molecular weight is 478 g/mol. The summed E-state index contributed by atoms with van der Waals surface area (Å²) in [4.78, 5) is 32.8. The van der Waals surface area contributed by atoms with Crippen LogP contribution in [0.3, 0.4) is 0 Å². The van der Waals surface area contributed by atoms with Crippen LogP contribution in [0.2, 0.25) is 4.34 Å². The van der Waals surface area contributed by atoms with Crippen molar-refractivity contribution in [3.8, 4) is 11.5 Å². The van der Waals surface area contributed by atoms with Gasteiger partial charge in [0.2, 0.25) is 11.8 Å². The Morgan fingerprint density at radius 2 is 1.78 bits per heavy atom. The van der Waals surface area contributed by atoms with Crippen LogP contribution in [0.4, 0.5) is 0 Å². The van der Waals surface area contributed by atoms with Crippen LogP contribution in [0.15, 0.2) is 30.3 Å². The third kappa shape index (κ3) is 5.09. The van der Waals surface area contributed by atoms with E-state index in [2.05, 4.69) is 15.9 Å². The third-order valence-corrected chi connectivity index (χ3v) is 7.36.